The Morgan fingerprint density at radius 3 is 2.38 bits per heavy atom. The monoisotopic (exact) mass is 294 g/mol. The number of amides is 1. The van der Waals surface area contributed by atoms with Crippen molar-refractivity contribution in [1.29, 1.82) is 0 Å². The number of nitrogens with zero attached hydrogens (tertiary/aromatic N) is 1. The lowest BCUT2D eigenvalue weighted by Gasteiger charge is -2.30. The number of carbonyl (C=O) groups is 1. The van der Waals surface area contributed by atoms with Crippen LogP contribution in [0.4, 0.5) is 0 Å². The van der Waals surface area contributed by atoms with E-state index in [1.807, 2.05) is 0 Å². The lowest BCUT2D eigenvalue weighted by molar-refractivity contribution is -0.137. The van der Waals surface area contributed by atoms with Crippen LogP contribution in [0.2, 0.25) is 0 Å². The standard InChI is InChI=1S/C15H22N2O4/c1-10(14-12(18)4-3-5-13(14)19)16-11(2)15(20)17-6-8-21-9-7-17/h3-5,10-11,16,18-19H,6-9H2,1-2H3. The second kappa shape index (κ2) is 6.78. The molecular weight excluding hydrogens is 272 g/mol. The number of phenolic OH excluding ortho intramolecular Hbond substituents is 2. The Balaban J connectivity index is 2.01. The molecule has 2 unspecified atom stereocenters. The first kappa shape index (κ1) is 15.6. The topological polar surface area (TPSA) is 82.0 Å². The van der Waals surface area contributed by atoms with Crippen LogP contribution in [0.1, 0.15) is 25.5 Å². The fourth-order valence-corrected chi connectivity index (χ4v) is 2.57. The van der Waals surface area contributed by atoms with Gasteiger partial charge in [-0.1, -0.05) is 6.07 Å². The molecule has 2 atom stereocenters. The molecule has 0 saturated carbocycles. The van der Waals surface area contributed by atoms with Gasteiger partial charge in [0.15, 0.2) is 0 Å². The molecule has 1 fully saturated rings. The van der Waals surface area contributed by atoms with Gasteiger partial charge in [-0.2, -0.15) is 0 Å². The van der Waals surface area contributed by atoms with Gasteiger partial charge in [0.25, 0.3) is 0 Å². The minimum absolute atomic E-state index is 0.0000562. The summed E-state index contributed by atoms with van der Waals surface area (Å²) < 4.78 is 5.23. The zero-order valence-corrected chi connectivity index (χ0v) is 12.4. The summed E-state index contributed by atoms with van der Waals surface area (Å²) in [4.78, 5) is 14.1. The number of benzene rings is 1. The fourth-order valence-electron chi connectivity index (χ4n) is 2.57. The van der Waals surface area contributed by atoms with Gasteiger partial charge in [0, 0.05) is 19.1 Å². The third-order valence-electron chi connectivity index (χ3n) is 3.69. The Morgan fingerprint density at radius 1 is 1.24 bits per heavy atom. The van der Waals surface area contributed by atoms with Crippen LogP contribution in [-0.4, -0.2) is 53.4 Å². The molecule has 1 amide bonds. The van der Waals surface area contributed by atoms with Crippen LogP contribution in [0.3, 0.4) is 0 Å². The highest BCUT2D eigenvalue weighted by atomic mass is 16.5. The van der Waals surface area contributed by atoms with Gasteiger partial charge in [-0.25, -0.2) is 0 Å². The number of phenols is 2. The molecule has 0 spiro atoms. The molecule has 116 valence electrons. The van der Waals surface area contributed by atoms with Crippen LogP contribution in [0.15, 0.2) is 18.2 Å². The number of aromatic hydroxyl groups is 2. The van der Waals surface area contributed by atoms with E-state index < -0.39 is 6.04 Å². The van der Waals surface area contributed by atoms with Gasteiger partial charge in [-0.15, -0.1) is 0 Å². The Kier molecular flexibility index (Phi) is 5.03. The van der Waals surface area contributed by atoms with Crippen LogP contribution in [0.25, 0.3) is 0 Å². The van der Waals surface area contributed by atoms with Gasteiger partial charge in [-0.05, 0) is 26.0 Å². The van der Waals surface area contributed by atoms with Gasteiger partial charge in [-0.3, -0.25) is 10.1 Å². The summed E-state index contributed by atoms with van der Waals surface area (Å²) in [6.07, 6.45) is 0. The molecule has 0 radical (unpaired) electrons. The predicted octanol–water partition coefficient (Wildman–Crippen LogP) is 0.996. The van der Waals surface area contributed by atoms with Crippen molar-refractivity contribution in [3.05, 3.63) is 23.8 Å². The summed E-state index contributed by atoms with van der Waals surface area (Å²) in [5.41, 5.74) is 0.402. The molecule has 1 aromatic rings. The first-order chi connectivity index (χ1) is 10.0. The van der Waals surface area contributed by atoms with E-state index in [0.717, 1.165) is 0 Å². The molecule has 1 aromatic carbocycles. The number of nitrogens with one attached hydrogen (secondary N) is 1. The molecule has 1 heterocycles. The molecule has 21 heavy (non-hydrogen) atoms. The number of carbonyl (C=O) groups excluding carboxylic acids is 1. The summed E-state index contributed by atoms with van der Waals surface area (Å²) in [7, 11) is 0. The minimum Gasteiger partial charge on any atom is -0.507 e. The van der Waals surface area contributed by atoms with E-state index in [2.05, 4.69) is 5.32 Å². The lowest BCUT2D eigenvalue weighted by atomic mass is 10.0. The average molecular weight is 294 g/mol. The maximum absolute atomic E-state index is 12.3. The van der Waals surface area contributed by atoms with Crippen LogP contribution in [0.5, 0.6) is 11.5 Å². The predicted molar refractivity (Wildman–Crippen MR) is 78.2 cm³/mol. The zero-order chi connectivity index (χ0) is 15.4. The highest BCUT2D eigenvalue weighted by Gasteiger charge is 2.25. The average Bonchev–Trinajstić information content (AvgIpc) is 2.47. The minimum atomic E-state index is -0.405. The number of hydrogen-bond acceptors (Lipinski definition) is 5. The van der Waals surface area contributed by atoms with Crippen molar-refractivity contribution in [1.82, 2.24) is 10.2 Å². The van der Waals surface area contributed by atoms with Gasteiger partial charge in [0.05, 0.1) is 24.8 Å². The SMILES string of the molecule is CC(NC(C)c1c(O)cccc1O)C(=O)N1CCOCC1. The summed E-state index contributed by atoms with van der Waals surface area (Å²) in [6.45, 7) is 5.91. The van der Waals surface area contributed by atoms with E-state index in [1.54, 1.807) is 24.8 Å². The molecule has 0 aromatic heterocycles. The molecule has 6 heteroatoms. The Hall–Kier alpha value is -1.79. The smallest absolute Gasteiger partial charge is 0.239 e. The number of morpholine rings is 1. The van der Waals surface area contributed by atoms with Gasteiger partial charge in [0.1, 0.15) is 11.5 Å². The van der Waals surface area contributed by atoms with Crippen LogP contribution in [0, 0.1) is 0 Å². The fraction of sp³-hybridized carbons (Fsp3) is 0.533. The summed E-state index contributed by atoms with van der Waals surface area (Å²) in [5.74, 6) is 0.0297. The Labute approximate surface area is 124 Å². The van der Waals surface area contributed by atoms with E-state index >= 15 is 0 Å². The van der Waals surface area contributed by atoms with Gasteiger partial charge in [0.2, 0.25) is 5.91 Å². The van der Waals surface area contributed by atoms with E-state index in [9.17, 15) is 15.0 Å². The zero-order valence-electron chi connectivity index (χ0n) is 12.4. The van der Waals surface area contributed by atoms with Gasteiger partial charge >= 0.3 is 0 Å². The number of ether oxygens (including phenoxy) is 1. The summed E-state index contributed by atoms with van der Waals surface area (Å²) >= 11 is 0. The highest BCUT2D eigenvalue weighted by Crippen LogP contribution is 2.32. The van der Waals surface area contributed by atoms with Crippen molar-refractivity contribution in [2.75, 3.05) is 26.3 Å². The summed E-state index contributed by atoms with van der Waals surface area (Å²) in [5, 5.41) is 22.8. The van der Waals surface area contributed by atoms with E-state index in [4.69, 9.17) is 4.74 Å². The normalized spacial score (nSPS) is 18.3. The molecule has 0 aliphatic carbocycles. The molecular formula is C15H22N2O4. The van der Waals surface area contributed by atoms with E-state index in [0.29, 0.717) is 31.9 Å². The molecule has 2 rings (SSSR count). The number of hydrogen-bond donors (Lipinski definition) is 3. The molecule has 6 nitrogen and oxygen atoms in total. The van der Waals surface area contributed by atoms with E-state index in [1.165, 1.54) is 12.1 Å². The Bertz CT molecular complexity index is 480. The van der Waals surface area contributed by atoms with Crippen molar-refractivity contribution in [3.63, 3.8) is 0 Å². The first-order valence-corrected chi connectivity index (χ1v) is 7.14. The lowest BCUT2D eigenvalue weighted by Crippen LogP contribution is -2.49. The third kappa shape index (κ3) is 3.65. The maximum atomic E-state index is 12.3. The molecule has 1 aliphatic heterocycles. The quantitative estimate of drug-likeness (QED) is 0.771. The molecule has 1 saturated heterocycles. The van der Waals surface area contributed by atoms with Crippen molar-refractivity contribution in [3.8, 4) is 11.5 Å². The van der Waals surface area contributed by atoms with E-state index in [-0.39, 0.29) is 23.4 Å². The first-order valence-electron chi connectivity index (χ1n) is 7.14. The summed E-state index contributed by atoms with van der Waals surface area (Å²) in [6, 6.07) is 3.86. The Morgan fingerprint density at radius 2 is 1.81 bits per heavy atom. The second-order valence-corrected chi connectivity index (χ2v) is 5.26. The molecule has 0 bridgehead atoms. The maximum Gasteiger partial charge on any atom is 0.239 e. The van der Waals surface area contributed by atoms with Gasteiger partial charge < -0.3 is 19.8 Å². The second-order valence-electron chi connectivity index (χ2n) is 5.26. The number of rotatable bonds is 4. The van der Waals surface area contributed by atoms with Crippen molar-refractivity contribution < 1.29 is 19.7 Å². The van der Waals surface area contributed by atoms with Crippen LogP contribution in [-0.2, 0) is 9.53 Å². The third-order valence-corrected chi connectivity index (χ3v) is 3.69. The van der Waals surface area contributed by atoms with Crippen molar-refractivity contribution in [2.24, 2.45) is 0 Å². The van der Waals surface area contributed by atoms with Crippen LogP contribution >= 0.6 is 0 Å². The molecule has 1 aliphatic rings. The largest absolute Gasteiger partial charge is 0.507 e. The highest BCUT2D eigenvalue weighted by molar-refractivity contribution is 5.81. The van der Waals surface area contributed by atoms with Crippen LogP contribution < -0.4 is 5.32 Å². The van der Waals surface area contributed by atoms with Crippen molar-refractivity contribution in [2.45, 2.75) is 25.9 Å². The molecule has 3 N–H and O–H groups in total. The van der Waals surface area contributed by atoms with Crippen molar-refractivity contribution >= 4 is 5.91 Å².